The lowest BCUT2D eigenvalue weighted by atomic mass is 10.0. The summed E-state index contributed by atoms with van der Waals surface area (Å²) in [5.41, 5.74) is 0.899. The summed E-state index contributed by atoms with van der Waals surface area (Å²) in [6.07, 6.45) is 7.68. The molecule has 1 saturated heterocycles. The van der Waals surface area contributed by atoms with Gasteiger partial charge < -0.3 is 10.2 Å². The number of nitrogens with one attached hydrogen (secondary N) is 1. The first-order chi connectivity index (χ1) is 13.6. The fraction of sp³-hybridized carbons (Fsp3) is 0.500. The summed E-state index contributed by atoms with van der Waals surface area (Å²) in [7, 11) is 0. The van der Waals surface area contributed by atoms with Crippen molar-refractivity contribution < 1.29 is 9.59 Å². The molecule has 0 unspecified atom stereocenters. The van der Waals surface area contributed by atoms with E-state index in [-0.39, 0.29) is 23.9 Å². The predicted octanol–water partition coefficient (Wildman–Crippen LogP) is 3.08. The Bertz CT molecular complexity index is 854. The fourth-order valence-corrected chi connectivity index (χ4v) is 4.24. The third-order valence-corrected chi connectivity index (χ3v) is 5.99. The van der Waals surface area contributed by atoms with Crippen LogP contribution in [0.2, 0.25) is 5.02 Å². The standard InChI is InChI=1S/C20H24ClN5O2/c21-17-8-4-3-7-16(17)20(28)25-11-9-15(10-12-25)26-13-18(23-24-26)19(27)22-14-5-1-2-6-14/h3-4,7-8,13-15H,1-2,5-6,9-12H2,(H,22,27). The van der Waals surface area contributed by atoms with Crippen LogP contribution in [0, 0.1) is 0 Å². The van der Waals surface area contributed by atoms with E-state index >= 15 is 0 Å². The molecule has 1 N–H and O–H groups in total. The van der Waals surface area contributed by atoms with Crippen LogP contribution in [0.3, 0.4) is 0 Å². The first-order valence-corrected chi connectivity index (χ1v) is 10.3. The molecule has 1 aromatic heterocycles. The van der Waals surface area contributed by atoms with Gasteiger partial charge in [-0.1, -0.05) is 41.8 Å². The maximum absolute atomic E-state index is 12.7. The van der Waals surface area contributed by atoms with Crippen molar-refractivity contribution in [3.05, 3.63) is 46.7 Å². The average Bonchev–Trinajstić information content (AvgIpc) is 3.40. The predicted molar refractivity (Wildman–Crippen MR) is 105 cm³/mol. The van der Waals surface area contributed by atoms with Crippen molar-refractivity contribution in [2.24, 2.45) is 0 Å². The highest BCUT2D eigenvalue weighted by atomic mass is 35.5. The zero-order valence-corrected chi connectivity index (χ0v) is 16.4. The van der Waals surface area contributed by atoms with E-state index in [9.17, 15) is 9.59 Å². The molecule has 0 spiro atoms. The van der Waals surface area contributed by atoms with Gasteiger partial charge in [0.25, 0.3) is 11.8 Å². The molecule has 7 nitrogen and oxygen atoms in total. The molecule has 2 fully saturated rings. The molecule has 148 valence electrons. The van der Waals surface area contributed by atoms with Crippen LogP contribution in [0.25, 0.3) is 0 Å². The van der Waals surface area contributed by atoms with E-state index in [1.54, 1.807) is 23.0 Å². The summed E-state index contributed by atoms with van der Waals surface area (Å²) < 4.78 is 1.76. The number of nitrogens with zero attached hydrogens (tertiary/aromatic N) is 4. The molecule has 0 atom stereocenters. The zero-order valence-electron chi connectivity index (χ0n) is 15.7. The Morgan fingerprint density at radius 3 is 2.50 bits per heavy atom. The van der Waals surface area contributed by atoms with Crippen LogP contribution >= 0.6 is 11.6 Å². The number of piperidine rings is 1. The number of hydrogen-bond acceptors (Lipinski definition) is 4. The van der Waals surface area contributed by atoms with E-state index in [1.807, 2.05) is 17.0 Å². The minimum absolute atomic E-state index is 0.0423. The molecular weight excluding hydrogens is 378 g/mol. The SMILES string of the molecule is O=C(NC1CCCC1)c1cn(C2CCN(C(=O)c3ccccc3Cl)CC2)nn1. The van der Waals surface area contributed by atoms with Crippen molar-refractivity contribution in [3.63, 3.8) is 0 Å². The summed E-state index contributed by atoms with van der Waals surface area (Å²) in [4.78, 5) is 26.8. The van der Waals surface area contributed by atoms with E-state index in [1.165, 1.54) is 12.8 Å². The molecule has 28 heavy (non-hydrogen) atoms. The quantitative estimate of drug-likeness (QED) is 0.853. The molecule has 2 aliphatic rings. The van der Waals surface area contributed by atoms with Gasteiger partial charge in [0.1, 0.15) is 0 Å². The van der Waals surface area contributed by atoms with Crippen LogP contribution in [0.15, 0.2) is 30.5 Å². The van der Waals surface area contributed by atoms with Crippen molar-refractivity contribution in [2.45, 2.75) is 50.6 Å². The molecule has 1 aliphatic carbocycles. The topological polar surface area (TPSA) is 80.1 Å². The summed E-state index contributed by atoms with van der Waals surface area (Å²) >= 11 is 6.15. The molecule has 2 aromatic rings. The summed E-state index contributed by atoms with van der Waals surface area (Å²) in [6, 6.07) is 7.52. The second-order valence-corrected chi connectivity index (χ2v) is 7.95. The normalized spacial score (nSPS) is 18.4. The molecule has 4 rings (SSSR count). The minimum atomic E-state index is -0.149. The van der Waals surface area contributed by atoms with E-state index in [0.717, 1.165) is 25.7 Å². The van der Waals surface area contributed by atoms with Gasteiger partial charge in [0.2, 0.25) is 0 Å². The number of carbonyl (C=O) groups is 2. The third kappa shape index (κ3) is 4.04. The highest BCUT2D eigenvalue weighted by Crippen LogP contribution is 2.25. The average molecular weight is 402 g/mol. The van der Waals surface area contributed by atoms with Gasteiger partial charge in [0.15, 0.2) is 5.69 Å². The van der Waals surface area contributed by atoms with Crippen LogP contribution in [-0.4, -0.2) is 50.8 Å². The number of hydrogen-bond donors (Lipinski definition) is 1. The Hall–Kier alpha value is -2.41. The fourth-order valence-electron chi connectivity index (χ4n) is 4.03. The van der Waals surface area contributed by atoms with E-state index < -0.39 is 0 Å². The number of rotatable bonds is 4. The molecule has 1 saturated carbocycles. The number of amides is 2. The molecule has 0 bridgehead atoms. The van der Waals surface area contributed by atoms with Crippen LogP contribution in [0.1, 0.15) is 65.4 Å². The number of carbonyl (C=O) groups excluding carboxylic acids is 2. The zero-order chi connectivity index (χ0) is 19.5. The highest BCUT2D eigenvalue weighted by Gasteiger charge is 2.27. The first-order valence-electron chi connectivity index (χ1n) is 9.88. The second-order valence-electron chi connectivity index (χ2n) is 7.54. The van der Waals surface area contributed by atoms with Crippen LogP contribution < -0.4 is 5.32 Å². The van der Waals surface area contributed by atoms with E-state index in [4.69, 9.17) is 11.6 Å². The van der Waals surface area contributed by atoms with Crippen LogP contribution in [0.4, 0.5) is 0 Å². The lowest BCUT2D eigenvalue weighted by Crippen LogP contribution is -2.39. The van der Waals surface area contributed by atoms with Crippen molar-refractivity contribution >= 4 is 23.4 Å². The van der Waals surface area contributed by atoms with Crippen molar-refractivity contribution in [1.29, 1.82) is 0 Å². The Morgan fingerprint density at radius 2 is 1.79 bits per heavy atom. The van der Waals surface area contributed by atoms with Crippen LogP contribution in [0.5, 0.6) is 0 Å². The van der Waals surface area contributed by atoms with Gasteiger partial charge in [0, 0.05) is 19.1 Å². The van der Waals surface area contributed by atoms with Crippen molar-refractivity contribution in [3.8, 4) is 0 Å². The highest BCUT2D eigenvalue weighted by molar-refractivity contribution is 6.33. The first kappa shape index (κ1) is 18.9. The van der Waals surface area contributed by atoms with E-state index in [2.05, 4.69) is 15.6 Å². The van der Waals surface area contributed by atoms with Crippen molar-refractivity contribution in [2.75, 3.05) is 13.1 Å². The molecule has 0 radical (unpaired) electrons. The third-order valence-electron chi connectivity index (χ3n) is 5.66. The van der Waals surface area contributed by atoms with Crippen molar-refractivity contribution in [1.82, 2.24) is 25.2 Å². The number of halogens is 1. The smallest absolute Gasteiger partial charge is 0.273 e. The summed E-state index contributed by atoms with van der Waals surface area (Å²) in [5, 5.41) is 11.7. The largest absolute Gasteiger partial charge is 0.348 e. The molecule has 8 heteroatoms. The number of likely N-dealkylation sites (tertiary alicyclic amines) is 1. The Labute approximate surface area is 169 Å². The molecule has 1 aliphatic heterocycles. The number of benzene rings is 1. The monoisotopic (exact) mass is 401 g/mol. The molecule has 2 amide bonds. The lowest BCUT2D eigenvalue weighted by molar-refractivity contribution is 0.0689. The summed E-state index contributed by atoms with van der Waals surface area (Å²) in [6.45, 7) is 1.25. The maximum Gasteiger partial charge on any atom is 0.273 e. The van der Waals surface area contributed by atoms with Crippen LogP contribution in [-0.2, 0) is 0 Å². The number of aromatic nitrogens is 3. The van der Waals surface area contributed by atoms with Gasteiger partial charge in [-0.2, -0.15) is 0 Å². The molecule has 2 heterocycles. The molecular formula is C20H24ClN5O2. The maximum atomic E-state index is 12.7. The Morgan fingerprint density at radius 1 is 1.07 bits per heavy atom. The molecule has 1 aromatic carbocycles. The van der Waals surface area contributed by atoms with Gasteiger partial charge in [-0.05, 0) is 37.8 Å². The summed E-state index contributed by atoms with van der Waals surface area (Å²) in [5.74, 6) is -0.191. The second kappa shape index (κ2) is 8.31. The van der Waals surface area contributed by atoms with Gasteiger partial charge in [-0.3, -0.25) is 9.59 Å². The minimum Gasteiger partial charge on any atom is -0.348 e. The van der Waals surface area contributed by atoms with Gasteiger partial charge in [0.05, 0.1) is 22.8 Å². The lowest BCUT2D eigenvalue weighted by Gasteiger charge is -2.32. The van der Waals surface area contributed by atoms with Gasteiger partial charge in [-0.25, -0.2) is 4.68 Å². The van der Waals surface area contributed by atoms with E-state index in [0.29, 0.717) is 29.4 Å². The van der Waals surface area contributed by atoms with Gasteiger partial charge in [-0.15, -0.1) is 5.10 Å². The Kier molecular flexibility index (Phi) is 5.62. The van der Waals surface area contributed by atoms with Gasteiger partial charge >= 0.3 is 0 Å². The Balaban J connectivity index is 1.34.